The molecule has 2 N–H and O–H groups in total. The van der Waals surface area contributed by atoms with Crippen molar-refractivity contribution in [2.75, 3.05) is 13.6 Å². The van der Waals surface area contributed by atoms with E-state index in [4.69, 9.17) is 5.41 Å². The second kappa shape index (κ2) is 4.16. The van der Waals surface area contributed by atoms with Crippen LogP contribution in [0.3, 0.4) is 0 Å². The van der Waals surface area contributed by atoms with E-state index in [1.165, 1.54) is 0 Å². The molecule has 0 aromatic heterocycles. The van der Waals surface area contributed by atoms with Crippen LogP contribution in [-0.4, -0.2) is 26.0 Å². The number of nitrogens with one attached hydrogen (secondary N) is 2. The molecule has 0 saturated heterocycles. The van der Waals surface area contributed by atoms with Gasteiger partial charge in [-0.2, -0.15) is 0 Å². The molecule has 0 bridgehead atoms. The third kappa shape index (κ3) is 2.01. The molecule has 66 valence electrons. The molecule has 0 aliphatic heterocycles. The summed E-state index contributed by atoms with van der Waals surface area (Å²) in [5.74, 6) is -0.370. The average Bonchev–Trinajstić information content (AvgIpc) is 2.05. The molecular weight excluding hydrogens is 155 g/mol. The topological polar surface area (TPSA) is 35.9 Å². The molecule has 0 radical (unpaired) electrons. The molecule has 0 heterocycles. The summed E-state index contributed by atoms with van der Waals surface area (Å²) in [4.78, 5) is 0. The molecule has 12 heavy (non-hydrogen) atoms. The quantitative estimate of drug-likeness (QED) is 0.612. The van der Waals surface area contributed by atoms with Crippen LogP contribution in [0.25, 0.3) is 0 Å². The van der Waals surface area contributed by atoms with Gasteiger partial charge in [-0.1, -0.05) is 12.2 Å². The van der Waals surface area contributed by atoms with Gasteiger partial charge < -0.3 is 10.7 Å². The molecule has 1 rings (SSSR count). The van der Waals surface area contributed by atoms with Crippen molar-refractivity contribution >= 4 is 6.21 Å². The Kier molecular flexibility index (Phi) is 3.17. The molecule has 3 heteroatoms. The van der Waals surface area contributed by atoms with Crippen LogP contribution in [-0.2, 0) is 0 Å². The van der Waals surface area contributed by atoms with Crippen molar-refractivity contribution in [2.45, 2.75) is 6.17 Å². The van der Waals surface area contributed by atoms with Crippen molar-refractivity contribution < 1.29 is 4.39 Å². The number of halogens is 1. The van der Waals surface area contributed by atoms with Gasteiger partial charge in [0.1, 0.15) is 6.17 Å². The number of rotatable bonds is 3. The number of hydrogen-bond acceptors (Lipinski definition) is 2. The zero-order chi connectivity index (χ0) is 8.97. The van der Waals surface area contributed by atoms with Crippen LogP contribution in [0.5, 0.6) is 0 Å². The highest BCUT2D eigenvalue weighted by molar-refractivity contribution is 5.62. The van der Waals surface area contributed by atoms with Gasteiger partial charge in [0.05, 0.1) is 0 Å². The first-order valence-corrected chi connectivity index (χ1v) is 3.96. The Hall–Kier alpha value is -0.960. The lowest BCUT2D eigenvalue weighted by molar-refractivity contribution is 0.366. The minimum atomic E-state index is -1.03. The summed E-state index contributed by atoms with van der Waals surface area (Å²) in [6.45, 7) is 0.682. The smallest absolute Gasteiger partial charge is 0.130 e. The Balaban J connectivity index is 2.62. The van der Waals surface area contributed by atoms with Crippen molar-refractivity contribution in [3.8, 4) is 0 Å². The van der Waals surface area contributed by atoms with Gasteiger partial charge in [-0.3, -0.25) is 0 Å². The first-order valence-electron chi connectivity index (χ1n) is 3.96. The summed E-state index contributed by atoms with van der Waals surface area (Å²) in [7, 11) is 1.82. The van der Waals surface area contributed by atoms with E-state index in [2.05, 4.69) is 5.32 Å². The SMILES string of the molecule is CNCC1=CC(F)[C@H](C=N)C=C1. The molecule has 2 atom stereocenters. The first kappa shape index (κ1) is 9.13. The highest BCUT2D eigenvalue weighted by Crippen LogP contribution is 2.17. The van der Waals surface area contributed by atoms with E-state index in [0.717, 1.165) is 11.8 Å². The maximum atomic E-state index is 13.1. The van der Waals surface area contributed by atoms with Crippen LogP contribution >= 0.6 is 0 Å². The van der Waals surface area contributed by atoms with E-state index in [0.29, 0.717) is 6.54 Å². The van der Waals surface area contributed by atoms with E-state index in [1.807, 2.05) is 13.1 Å². The average molecular weight is 168 g/mol. The zero-order valence-corrected chi connectivity index (χ0v) is 7.05. The summed E-state index contributed by atoms with van der Waals surface area (Å²) < 4.78 is 13.1. The van der Waals surface area contributed by atoms with Gasteiger partial charge in [0.15, 0.2) is 0 Å². The van der Waals surface area contributed by atoms with Crippen molar-refractivity contribution in [1.29, 1.82) is 5.41 Å². The molecule has 0 aromatic rings. The molecule has 0 saturated carbocycles. The molecule has 0 fully saturated rings. The fraction of sp³-hybridized carbons (Fsp3) is 0.444. The minimum absolute atomic E-state index is 0.370. The zero-order valence-electron chi connectivity index (χ0n) is 7.05. The van der Waals surface area contributed by atoms with Crippen molar-refractivity contribution in [1.82, 2.24) is 5.32 Å². The molecule has 1 unspecified atom stereocenters. The maximum Gasteiger partial charge on any atom is 0.130 e. The molecule has 2 nitrogen and oxygen atoms in total. The summed E-state index contributed by atoms with van der Waals surface area (Å²) in [6.07, 6.45) is 5.25. The fourth-order valence-corrected chi connectivity index (χ4v) is 1.18. The second-order valence-electron chi connectivity index (χ2n) is 2.82. The molecule has 0 amide bonds. The van der Waals surface area contributed by atoms with Crippen LogP contribution in [0.2, 0.25) is 0 Å². The van der Waals surface area contributed by atoms with Crippen molar-refractivity contribution in [2.24, 2.45) is 5.92 Å². The Bertz CT molecular complexity index is 221. The number of allylic oxidation sites excluding steroid dienone is 2. The van der Waals surface area contributed by atoms with Crippen LogP contribution < -0.4 is 5.32 Å². The highest BCUT2D eigenvalue weighted by Gasteiger charge is 2.17. The lowest BCUT2D eigenvalue weighted by Crippen LogP contribution is -2.19. The summed E-state index contributed by atoms with van der Waals surface area (Å²) in [6, 6.07) is 0. The van der Waals surface area contributed by atoms with Crippen LogP contribution in [0.4, 0.5) is 4.39 Å². The fourth-order valence-electron chi connectivity index (χ4n) is 1.18. The Morgan fingerprint density at radius 2 is 2.50 bits per heavy atom. The van der Waals surface area contributed by atoms with Crippen LogP contribution in [0.1, 0.15) is 0 Å². The van der Waals surface area contributed by atoms with Gasteiger partial charge in [-0.15, -0.1) is 0 Å². The second-order valence-corrected chi connectivity index (χ2v) is 2.82. The van der Waals surface area contributed by atoms with Gasteiger partial charge in [0.2, 0.25) is 0 Å². The van der Waals surface area contributed by atoms with E-state index < -0.39 is 6.17 Å². The molecular formula is C9H13FN2. The van der Waals surface area contributed by atoms with Crippen LogP contribution in [0.15, 0.2) is 23.8 Å². The van der Waals surface area contributed by atoms with E-state index >= 15 is 0 Å². The highest BCUT2D eigenvalue weighted by atomic mass is 19.1. The van der Waals surface area contributed by atoms with Gasteiger partial charge in [0, 0.05) is 18.7 Å². The van der Waals surface area contributed by atoms with Gasteiger partial charge in [-0.25, -0.2) is 4.39 Å². The summed E-state index contributed by atoms with van der Waals surface area (Å²) in [5.41, 5.74) is 0.947. The first-order chi connectivity index (χ1) is 5.77. The third-order valence-electron chi connectivity index (χ3n) is 1.85. The third-order valence-corrected chi connectivity index (χ3v) is 1.85. The Morgan fingerprint density at radius 3 is 3.00 bits per heavy atom. The summed E-state index contributed by atoms with van der Waals surface area (Å²) >= 11 is 0. The van der Waals surface area contributed by atoms with E-state index in [-0.39, 0.29) is 5.92 Å². The van der Waals surface area contributed by atoms with E-state index in [9.17, 15) is 4.39 Å². The van der Waals surface area contributed by atoms with Gasteiger partial charge in [0.25, 0.3) is 0 Å². The van der Waals surface area contributed by atoms with Crippen molar-refractivity contribution in [3.05, 3.63) is 23.8 Å². The van der Waals surface area contributed by atoms with E-state index in [1.54, 1.807) is 12.2 Å². The molecule has 1 aliphatic rings. The van der Waals surface area contributed by atoms with Gasteiger partial charge in [-0.05, 0) is 18.7 Å². The molecule has 0 spiro atoms. The maximum absolute atomic E-state index is 13.1. The standard InChI is InChI=1S/C9H13FN2/c1-12-6-7-2-3-8(5-11)9(10)4-7/h2-5,8-9,11-12H,6H2,1H3/t8-,9?/m0/s1. The van der Waals surface area contributed by atoms with Crippen LogP contribution in [0, 0.1) is 11.3 Å². The number of likely N-dealkylation sites (N-methyl/N-ethyl adjacent to an activating group) is 1. The monoisotopic (exact) mass is 168 g/mol. The minimum Gasteiger partial charge on any atom is -0.316 e. The van der Waals surface area contributed by atoms with Gasteiger partial charge >= 0.3 is 0 Å². The normalized spacial score (nSPS) is 28.3. The largest absolute Gasteiger partial charge is 0.316 e. The molecule has 0 aromatic carbocycles. The number of hydrogen-bond donors (Lipinski definition) is 2. The lowest BCUT2D eigenvalue weighted by Gasteiger charge is -2.15. The Morgan fingerprint density at radius 1 is 1.75 bits per heavy atom. The number of alkyl halides is 1. The predicted octanol–water partition coefficient (Wildman–Crippen LogP) is 1.31. The lowest BCUT2D eigenvalue weighted by atomic mass is 9.96. The predicted molar refractivity (Wildman–Crippen MR) is 48.3 cm³/mol. The van der Waals surface area contributed by atoms with Crippen molar-refractivity contribution in [3.63, 3.8) is 0 Å². The summed E-state index contributed by atoms with van der Waals surface area (Å²) in [5, 5.41) is 9.88. The Labute approximate surface area is 71.7 Å². The molecule has 1 aliphatic carbocycles.